The van der Waals surface area contributed by atoms with Crippen LogP contribution in [0.1, 0.15) is 74.6 Å². The summed E-state index contributed by atoms with van der Waals surface area (Å²) in [7, 11) is 0. The Morgan fingerprint density at radius 3 is 1.32 bits per heavy atom. The summed E-state index contributed by atoms with van der Waals surface area (Å²) in [6.45, 7) is 9.29. The molecule has 0 amide bonds. The molecule has 0 bridgehead atoms. The van der Waals surface area contributed by atoms with E-state index in [9.17, 15) is 0 Å². The Balaban J connectivity index is 0.000000241. The molecule has 0 nitrogen and oxygen atoms in total. The second-order valence-corrected chi connectivity index (χ2v) is 10.8. The number of allylic oxidation sites excluding steroid dienone is 10. The summed E-state index contributed by atoms with van der Waals surface area (Å²) in [6, 6.07) is 17.4. The molecule has 188 valence electrons. The molecule has 2 unspecified atom stereocenters. The Bertz CT molecular complexity index is 1170. The van der Waals surface area contributed by atoms with Crippen LogP contribution in [0.5, 0.6) is 0 Å². The van der Waals surface area contributed by atoms with Crippen molar-refractivity contribution in [2.45, 2.75) is 52.4 Å². The Kier molecular flexibility index (Phi) is 11.0. The number of hydrogen-bond acceptors (Lipinski definition) is 0. The molecular weight excluding hydrogens is 571 g/mol. The second-order valence-electron chi connectivity index (χ2n) is 10.8. The molecule has 6 rings (SSSR count). The normalized spacial score (nSPS) is 20.0. The molecule has 2 atom stereocenters. The van der Waals surface area contributed by atoms with E-state index in [2.05, 4.69) is 137 Å². The SMILES string of the molecule is CC(C)(C1=[C-]CC=C1)C1C=Cc2ccccc21.CC(C)(C1=[C-]CC=C1)C1C=Cc2ccccc21.[Cl-].[Cl-].[Zr+4]. The van der Waals surface area contributed by atoms with Crippen LogP contribution >= 0.6 is 0 Å². The van der Waals surface area contributed by atoms with Gasteiger partial charge in [0.2, 0.25) is 0 Å². The smallest absolute Gasteiger partial charge is 1.00 e. The van der Waals surface area contributed by atoms with Crippen LogP contribution in [-0.4, -0.2) is 0 Å². The van der Waals surface area contributed by atoms with Crippen LogP contribution < -0.4 is 24.8 Å². The summed E-state index contributed by atoms with van der Waals surface area (Å²) in [5, 5.41) is 0. The van der Waals surface area contributed by atoms with Crippen molar-refractivity contribution in [3.63, 3.8) is 0 Å². The maximum Gasteiger partial charge on any atom is 4.00 e. The number of fused-ring (bicyclic) bond motifs is 2. The van der Waals surface area contributed by atoms with E-state index in [4.69, 9.17) is 0 Å². The molecule has 3 heteroatoms. The van der Waals surface area contributed by atoms with E-state index in [0.717, 1.165) is 12.8 Å². The van der Waals surface area contributed by atoms with Crippen LogP contribution in [0.2, 0.25) is 0 Å². The van der Waals surface area contributed by atoms with Crippen LogP contribution in [-0.2, 0) is 26.2 Å². The average Bonchev–Trinajstić information content (AvgIpc) is 3.65. The van der Waals surface area contributed by atoms with Crippen molar-refractivity contribution in [3.8, 4) is 0 Å². The maximum absolute atomic E-state index is 3.48. The molecule has 0 N–H and O–H groups in total. The number of rotatable bonds is 4. The minimum atomic E-state index is 0. The second kappa shape index (κ2) is 12.9. The first-order valence-corrected chi connectivity index (χ1v) is 12.5. The summed E-state index contributed by atoms with van der Waals surface area (Å²) >= 11 is 0. The van der Waals surface area contributed by atoms with E-state index >= 15 is 0 Å². The predicted octanol–water partition coefficient (Wildman–Crippen LogP) is 3.03. The molecule has 4 aliphatic carbocycles. The number of hydrogen-bond donors (Lipinski definition) is 0. The van der Waals surface area contributed by atoms with Crippen molar-refractivity contribution >= 4 is 12.2 Å². The van der Waals surface area contributed by atoms with Crippen molar-refractivity contribution < 1.29 is 51.0 Å². The van der Waals surface area contributed by atoms with Crippen molar-refractivity contribution in [3.05, 3.63) is 131 Å². The van der Waals surface area contributed by atoms with Gasteiger partial charge >= 0.3 is 26.2 Å². The van der Waals surface area contributed by atoms with E-state index in [1.807, 2.05) is 0 Å². The fourth-order valence-corrected chi connectivity index (χ4v) is 5.79. The zero-order valence-corrected chi connectivity index (χ0v) is 26.0. The van der Waals surface area contributed by atoms with Crippen LogP contribution in [0.3, 0.4) is 0 Å². The molecule has 2 aromatic rings. The quantitative estimate of drug-likeness (QED) is 0.471. The van der Waals surface area contributed by atoms with Gasteiger partial charge in [0.1, 0.15) is 0 Å². The molecule has 0 fully saturated rings. The molecule has 0 saturated carbocycles. The third kappa shape index (κ3) is 6.16. The molecule has 0 radical (unpaired) electrons. The largest absolute Gasteiger partial charge is 4.00 e. The van der Waals surface area contributed by atoms with Crippen molar-refractivity contribution in [2.24, 2.45) is 10.8 Å². The van der Waals surface area contributed by atoms with Crippen molar-refractivity contribution in [1.29, 1.82) is 0 Å². The van der Waals surface area contributed by atoms with E-state index < -0.39 is 0 Å². The van der Waals surface area contributed by atoms with Gasteiger partial charge in [-0.15, -0.1) is 12.8 Å². The minimum absolute atomic E-state index is 0. The van der Waals surface area contributed by atoms with Gasteiger partial charge in [-0.1, -0.05) is 101 Å². The third-order valence-electron chi connectivity index (χ3n) is 7.93. The topological polar surface area (TPSA) is 0 Å². The predicted molar refractivity (Wildman–Crippen MR) is 145 cm³/mol. The van der Waals surface area contributed by atoms with Crippen LogP contribution in [0.4, 0.5) is 0 Å². The summed E-state index contributed by atoms with van der Waals surface area (Å²) < 4.78 is 0. The monoisotopic (exact) mass is 602 g/mol. The Morgan fingerprint density at radius 2 is 0.973 bits per heavy atom. The summed E-state index contributed by atoms with van der Waals surface area (Å²) in [5.41, 5.74) is 8.61. The Labute approximate surface area is 255 Å². The molecule has 0 spiro atoms. The molecule has 0 heterocycles. The van der Waals surface area contributed by atoms with E-state index in [1.165, 1.54) is 33.4 Å². The molecule has 2 aromatic carbocycles. The van der Waals surface area contributed by atoms with E-state index in [0.29, 0.717) is 11.8 Å². The van der Waals surface area contributed by atoms with Crippen LogP contribution in [0.25, 0.3) is 12.2 Å². The van der Waals surface area contributed by atoms with Crippen LogP contribution in [0.15, 0.2) is 96.1 Å². The minimum Gasteiger partial charge on any atom is -1.00 e. The van der Waals surface area contributed by atoms with E-state index in [1.54, 1.807) is 0 Å². The number of halogens is 2. The molecule has 37 heavy (non-hydrogen) atoms. The van der Waals surface area contributed by atoms with Gasteiger partial charge in [-0.25, -0.2) is 23.3 Å². The molecule has 0 saturated heterocycles. The van der Waals surface area contributed by atoms with Crippen molar-refractivity contribution in [2.75, 3.05) is 0 Å². The first kappa shape index (κ1) is 31.6. The molecule has 4 aliphatic rings. The van der Waals surface area contributed by atoms with Gasteiger partial charge in [-0.2, -0.15) is 12.2 Å². The standard InChI is InChI=1S/2C17H17.2ClH.Zr/c2*1-17(2,14-8-4-5-9-14)16-12-11-13-7-3-6-10-15(13)16;;;/h2*3-4,6-8,10-12,16H,5H2,1-2H3;2*1H;/q2*-1;;;+4/p-2. The Hall–Kier alpha value is -1.66. The fourth-order valence-electron chi connectivity index (χ4n) is 5.79. The van der Waals surface area contributed by atoms with Crippen molar-refractivity contribution in [1.82, 2.24) is 0 Å². The van der Waals surface area contributed by atoms with Gasteiger partial charge in [0.15, 0.2) is 0 Å². The van der Waals surface area contributed by atoms with Crippen LogP contribution in [0, 0.1) is 23.0 Å². The van der Waals surface area contributed by atoms with Gasteiger partial charge in [0.25, 0.3) is 0 Å². The Morgan fingerprint density at radius 1 is 0.595 bits per heavy atom. The molecule has 0 aliphatic heterocycles. The summed E-state index contributed by atoms with van der Waals surface area (Å²) in [6.07, 6.45) is 26.9. The van der Waals surface area contributed by atoms with E-state index in [-0.39, 0.29) is 61.8 Å². The zero-order valence-electron chi connectivity index (χ0n) is 22.1. The first-order valence-electron chi connectivity index (χ1n) is 12.5. The molecule has 0 aromatic heterocycles. The molecular formula is C34H34Cl2Zr. The number of benzene rings is 2. The van der Waals surface area contributed by atoms with Gasteiger partial charge in [0.05, 0.1) is 0 Å². The van der Waals surface area contributed by atoms with Gasteiger partial charge in [-0.3, -0.25) is 12.2 Å². The van der Waals surface area contributed by atoms with Gasteiger partial charge in [-0.05, 0) is 33.1 Å². The average molecular weight is 605 g/mol. The summed E-state index contributed by atoms with van der Waals surface area (Å²) in [4.78, 5) is 0. The first-order chi connectivity index (χ1) is 16.4. The maximum atomic E-state index is 3.48. The zero-order chi connectivity index (χ0) is 23.8. The van der Waals surface area contributed by atoms with Gasteiger partial charge in [0, 0.05) is 11.8 Å². The van der Waals surface area contributed by atoms with Gasteiger partial charge < -0.3 is 24.8 Å². The fraction of sp³-hybridized carbons (Fsp3) is 0.294. The summed E-state index contributed by atoms with van der Waals surface area (Å²) in [5.74, 6) is 0.952. The third-order valence-corrected chi connectivity index (χ3v) is 7.93.